The van der Waals surface area contributed by atoms with Crippen LogP contribution in [0, 0.1) is 24.0 Å². The van der Waals surface area contributed by atoms with Crippen LogP contribution in [0.5, 0.6) is 0 Å². The van der Waals surface area contributed by atoms with Gasteiger partial charge in [-0.05, 0) is 25.5 Å². The minimum atomic E-state index is -0.598. The molecule has 1 atom stereocenters. The number of nitrogens with zero attached hydrogens (tertiary/aromatic N) is 5. The molecule has 0 bridgehead atoms. The molecule has 0 radical (unpaired) electrons. The molecule has 0 spiro atoms. The number of aliphatic imine (C=N–C) groups is 1. The molecule has 0 saturated heterocycles. The van der Waals surface area contributed by atoms with E-state index in [1.54, 1.807) is 25.1 Å². The molecule has 0 fully saturated rings. The lowest BCUT2D eigenvalue weighted by Gasteiger charge is -2.23. The molecule has 164 valence electrons. The zero-order valence-corrected chi connectivity index (χ0v) is 17.4. The molecule has 4 rings (SSSR count). The van der Waals surface area contributed by atoms with Crippen LogP contribution in [0.2, 0.25) is 0 Å². The first-order chi connectivity index (χ1) is 15.4. The van der Waals surface area contributed by atoms with Gasteiger partial charge in [0.25, 0.3) is 0 Å². The smallest absolute Gasteiger partial charge is 0.341 e. The molecule has 0 amide bonds. The summed E-state index contributed by atoms with van der Waals surface area (Å²) in [5, 5.41) is 31.9. The Morgan fingerprint density at radius 1 is 1.22 bits per heavy atom. The van der Waals surface area contributed by atoms with E-state index in [0.717, 1.165) is 16.0 Å². The largest absolute Gasteiger partial charge is 0.351 e. The standard InChI is InChI=1S/C20H22N10O2/c1-12-10-16(27-26-12)24-19-18(30(31)32)20(25-17-11-13(2)28-29(17)21)23-15(22-19)9-8-14-6-4-3-5-7-14/h3-11,15,22H,21H2,1-2H3,(H,23,25)(H2,24,26,27)/b9-8+. The lowest BCUT2D eigenvalue weighted by molar-refractivity contribution is -0.416. The maximum Gasteiger partial charge on any atom is 0.351 e. The second-order valence-corrected chi connectivity index (χ2v) is 7.12. The number of rotatable bonds is 6. The summed E-state index contributed by atoms with van der Waals surface area (Å²) in [7, 11) is 0. The highest BCUT2D eigenvalue weighted by Crippen LogP contribution is 2.19. The van der Waals surface area contributed by atoms with Crippen LogP contribution in [-0.4, -0.2) is 37.0 Å². The third-order valence-electron chi connectivity index (χ3n) is 4.54. The minimum absolute atomic E-state index is 0.0258. The Balaban J connectivity index is 1.71. The topological polar surface area (TPSA) is 164 Å². The van der Waals surface area contributed by atoms with Crippen LogP contribution in [0.15, 0.2) is 65.1 Å². The Morgan fingerprint density at radius 2 is 2.00 bits per heavy atom. The van der Waals surface area contributed by atoms with Gasteiger partial charge in [0.2, 0.25) is 5.84 Å². The summed E-state index contributed by atoms with van der Waals surface area (Å²) in [5.41, 5.74) is 2.15. The molecular formula is C20H22N10O2. The van der Waals surface area contributed by atoms with Crippen molar-refractivity contribution in [2.75, 3.05) is 16.5 Å². The van der Waals surface area contributed by atoms with E-state index in [4.69, 9.17) is 5.84 Å². The number of hydrogen-bond acceptors (Lipinski definition) is 9. The molecule has 12 nitrogen and oxygen atoms in total. The molecule has 0 aliphatic carbocycles. The van der Waals surface area contributed by atoms with Crippen LogP contribution in [0.25, 0.3) is 6.08 Å². The van der Waals surface area contributed by atoms with Crippen molar-refractivity contribution in [1.29, 1.82) is 0 Å². The normalized spacial score (nSPS) is 16.1. The molecule has 12 heteroatoms. The summed E-state index contributed by atoms with van der Waals surface area (Å²) in [6.45, 7) is 3.60. The summed E-state index contributed by atoms with van der Waals surface area (Å²) in [4.78, 5) is 17.1. The van der Waals surface area contributed by atoms with Gasteiger partial charge in [0.05, 0.1) is 10.6 Å². The molecule has 3 aromatic rings. The summed E-state index contributed by atoms with van der Waals surface area (Å²) >= 11 is 0. The summed E-state index contributed by atoms with van der Waals surface area (Å²) < 4.78 is 0. The molecule has 32 heavy (non-hydrogen) atoms. The van der Waals surface area contributed by atoms with Crippen LogP contribution >= 0.6 is 0 Å². The Labute approximate surface area is 183 Å². The third kappa shape index (κ3) is 4.59. The molecule has 1 aliphatic heterocycles. The Hall–Kier alpha value is -4.61. The predicted octanol–water partition coefficient (Wildman–Crippen LogP) is 1.95. The van der Waals surface area contributed by atoms with Crippen molar-refractivity contribution in [2.45, 2.75) is 20.0 Å². The van der Waals surface area contributed by atoms with Gasteiger partial charge in [0, 0.05) is 17.8 Å². The lowest BCUT2D eigenvalue weighted by atomic mass is 10.2. The average molecular weight is 434 g/mol. The Kier molecular flexibility index (Phi) is 5.57. The zero-order chi connectivity index (χ0) is 22.7. The van der Waals surface area contributed by atoms with Crippen molar-refractivity contribution in [3.63, 3.8) is 0 Å². The summed E-state index contributed by atoms with van der Waals surface area (Å²) in [6.07, 6.45) is 3.08. The number of H-pyrrole nitrogens is 1. The molecule has 1 unspecified atom stereocenters. The van der Waals surface area contributed by atoms with E-state index in [9.17, 15) is 10.1 Å². The summed E-state index contributed by atoms with van der Waals surface area (Å²) in [6, 6.07) is 13.1. The van der Waals surface area contributed by atoms with Gasteiger partial charge < -0.3 is 21.8 Å². The fourth-order valence-corrected chi connectivity index (χ4v) is 3.13. The van der Waals surface area contributed by atoms with Gasteiger partial charge >= 0.3 is 5.70 Å². The first kappa shape index (κ1) is 20.7. The number of aromatic amines is 1. The van der Waals surface area contributed by atoms with Crippen LogP contribution in [-0.2, 0) is 0 Å². The number of aryl methyl sites for hydroxylation is 2. The number of aromatic nitrogens is 4. The first-order valence-electron chi connectivity index (χ1n) is 9.73. The number of hydrogen-bond donors (Lipinski definition) is 5. The van der Waals surface area contributed by atoms with E-state index in [1.807, 2.05) is 43.3 Å². The highest BCUT2D eigenvalue weighted by atomic mass is 16.6. The van der Waals surface area contributed by atoms with Crippen LogP contribution in [0.3, 0.4) is 0 Å². The van der Waals surface area contributed by atoms with Crippen LogP contribution in [0.4, 0.5) is 11.6 Å². The van der Waals surface area contributed by atoms with Gasteiger partial charge in [0.15, 0.2) is 17.5 Å². The number of amidine groups is 1. The molecule has 6 N–H and O–H groups in total. The SMILES string of the molecule is Cc1cc(NC2=NC(/C=C/c3ccccc3)NC(Nc3cc(C)[nH]n3)=C2[N+](=O)[O-])n(N)n1. The van der Waals surface area contributed by atoms with Gasteiger partial charge in [-0.15, -0.1) is 0 Å². The molecule has 0 saturated carbocycles. The van der Waals surface area contributed by atoms with Crippen molar-refractivity contribution < 1.29 is 4.92 Å². The highest BCUT2D eigenvalue weighted by molar-refractivity contribution is 6.07. The van der Waals surface area contributed by atoms with Crippen molar-refractivity contribution in [2.24, 2.45) is 4.99 Å². The number of nitro groups is 1. The first-order valence-corrected chi connectivity index (χ1v) is 9.73. The summed E-state index contributed by atoms with van der Waals surface area (Å²) in [5.74, 6) is 6.81. The lowest BCUT2D eigenvalue weighted by Crippen LogP contribution is -2.41. The predicted molar refractivity (Wildman–Crippen MR) is 122 cm³/mol. The van der Waals surface area contributed by atoms with Crippen molar-refractivity contribution in [3.8, 4) is 0 Å². The van der Waals surface area contributed by atoms with Gasteiger partial charge in [0.1, 0.15) is 6.17 Å². The monoisotopic (exact) mass is 434 g/mol. The van der Waals surface area contributed by atoms with Crippen LogP contribution in [0.1, 0.15) is 17.0 Å². The molecule has 3 heterocycles. The van der Waals surface area contributed by atoms with Gasteiger partial charge in [-0.1, -0.05) is 36.4 Å². The van der Waals surface area contributed by atoms with E-state index in [2.05, 4.69) is 36.2 Å². The molecule has 1 aromatic carbocycles. The van der Waals surface area contributed by atoms with Crippen molar-refractivity contribution in [3.05, 3.63) is 87.1 Å². The van der Waals surface area contributed by atoms with Gasteiger partial charge in [-0.25, -0.2) is 4.99 Å². The number of nitrogens with two attached hydrogens (primary N) is 1. The quantitative estimate of drug-likeness (QED) is 0.223. The second kappa shape index (κ2) is 8.63. The fourth-order valence-electron chi connectivity index (χ4n) is 3.13. The number of anilines is 2. The van der Waals surface area contributed by atoms with Crippen molar-refractivity contribution in [1.82, 2.24) is 25.4 Å². The number of nitrogens with one attached hydrogen (secondary N) is 4. The fraction of sp³-hybridized carbons (Fsp3) is 0.150. The molecular weight excluding hydrogens is 412 g/mol. The highest BCUT2D eigenvalue weighted by Gasteiger charge is 2.33. The van der Waals surface area contributed by atoms with E-state index < -0.39 is 11.1 Å². The Bertz CT molecular complexity index is 1220. The minimum Gasteiger partial charge on any atom is -0.341 e. The maximum absolute atomic E-state index is 12.0. The van der Waals surface area contributed by atoms with Crippen LogP contribution < -0.4 is 21.8 Å². The molecule has 2 aromatic heterocycles. The molecule has 1 aliphatic rings. The second-order valence-electron chi connectivity index (χ2n) is 7.12. The van der Waals surface area contributed by atoms with E-state index in [1.165, 1.54) is 0 Å². The average Bonchev–Trinajstić information content (AvgIpc) is 3.30. The number of benzene rings is 1. The van der Waals surface area contributed by atoms with E-state index in [0.29, 0.717) is 17.3 Å². The Morgan fingerprint density at radius 3 is 2.62 bits per heavy atom. The van der Waals surface area contributed by atoms with Gasteiger partial charge in [-0.2, -0.15) is 15.0 Å². The van der Waals surface area contributed by atoms with Crippen molar-refractivity contribution >= 4 is 23.5 Å². The van der Waals surface area contributed by atoms with Gasteiger partial charge in [-0.3, -0.25) is 15.2 Å². The zero-order valence-electron chi connectivity index (χ0n) is 17.4. The number of nitrogen functional groups attached to an aromatic ring is 1. The third-order valence-corrected chi connectivity index (χ3v) is 4.54. The van der Waals surface area contributed by atoms with E-state index in [-0.39, 0.29) is 17.4 Å². The van der Waals surface area contributed by atoms with E-state index >= 15 is 0 Å². The maximum atomic E-state index is 12.0.